The second-order valence-corrected chi connectivity index (χ2v) is 7.29. The standard InChI is InChI=1S/C24H19N3O6/c1-2-11-27(13-22(28)29)23(30)20-12-21(33-26-20)25-24(31)32-14-19-17-9-5-3-7-15(17)16-8-4-6-10-18(16)19/h1,3-10,12,19H,11,13-14H2,(H,25,31)(H,28,29). The molecule has 1 heterocycles. The molecule has 0 radical (unpaired) electrons. The second-order valence-electron chi connectivity index (χ2n) is 7.29. The van der Waals surface area contributed by atoms with Gasteiger partial charge in [0, 0.05) is 12.0 Å². The maximum absolute atomic E-state index is 12.4. The molecular weight excluding hydrogens is 426 g/mol. The average Bonchev–Trinajstić information content (AvgIpc) is 3.39. The third-order valence-electron chi connectivity index (χ3n) is 5.19. The number of hydrogen-bond acceptors (Lipinski definition) is 6. The second kappa shape index (κ2) is 9.28. The van der Waals surface area contributed by atoms with Gasteiger partial charge in [-0.2, -0.15) is 0 Å². The van der Waals surface area contributed by atoms with Gasteiger partial charge in [-0.15, -0.1) is 6.42 Å². The SMILES string of the molecule is C#CCN(CC(=O)O)C(=O)c1cc(NC(=O)OCC2c3ccccc3-c3ccccc32)on1. The lowest BCUT2D eigenvalue weighted by Crippen LogP contribution is -2.36. The first-order valence-electron chi connectivity index (χ1n) is 10.0. The van der Waals surface area contributed by atoms with Crippen molar-refractivity contribution in [2.45, 2.75) is 5.92 Å². The van der Waals surface area contributed by atoms with E-state index in [4.69, 9.17) is 20.8 Å². The van der Waals surface area contributed by atoms with Gasteiger partial charge in [0.1, 0.15) is 13.2 Å². The Kier molecular flexibility index (Phi) is 6.09. The fourth-order valence-corrected chi connectivity index (χ4v) is 3.80. The van der Waals surface area contributed by atoms with E-state index in [0.717, 1.165) is 27.2 Å². The van der Waals surface area contributed by atoms with Gasteiger partial charge < -0.3 is 19.3 Å². The van der Waals surface area contributed by atoms with Gasteiger partial charge in [-0.05, 0) is 22.3 Å². The summed E-state index contributed by atoms with van der Waals surface area (Å²) in [6.07, 6.45) is 4.40. The fraction of sp³-hybridized carbons (Fsp3) is 0.167. The van der Waals surface area contributed by atoms with E-state index in [2.05, 4.69) is 16.4 Å². The highest BCUT2D eigenvalue weighted by Gasteiger charge is 2.29. The molecule has 0 aliphatic heterocycles. The first-order chi connectivity index (χ1) is 16.0. The van der Waals surface area contributed by atoms with Crippen molar-refractivity contribution in [3.05, 3.63) is 71.4 Å². The van der Waals surface area contributed by atoms with Crippen molar-refractivity contribution >= 4 is 23.9 Å². The smallest absolute Gasteiger partial charge is 0.414 e. The number of carbonyl (C=O) groups excluding carboxylic acids is 2. The van der Waals surface area contributed by atoms with Crippen LogP contribution in [-0.2, 0) is 9.53 Å². The number of fused-ring (bicyclic) bond motifs is 3. The van der Waals surface area contributed by atoms with E-state index in [-0.39, 0.29) is 30.6 Å². The largest absolute Gasteiger partial charge is 0.480 e. The third kappa shape index (κ3) is 4.55. The molecule has 4 rings (SSSR count). The number of hydrogen-bond donors (Lipinski definition) is 2. The van der Waals surface area contributed by atoms with Crippen LogP contribution in [0.15, 0.2) is 59.1 Å². The number of anilines is 1. The van der Waals surface area contributed by atoms with Crippen molar-refractivity contribution in [1.29, 1.82) is 0 Å². The summed E-state index contributed by atoms with van der Waals surface area (Å²) in [6.45, 7) is -0.702. The van der Waals surface area contributed by atoms with Gasteiger partial charge in [0.05, 0.1) is 6.54 Å². The number of ether oxygens (including phenoxy) is 1. The van der Waals surface area contributed by atoms with Gasteiger partial charge in [0.15, 0.2) is 5.69 Å². The fourth-order valence-electron chi connectivity index (χ4n) is 3.80. The molecule has 0 bridgehead atoms. The van der Waals surface area contributed by atoms with Crippen LogP contribution >= 0.6 is 0 Å². The number of carbonyl (C=O) groups is 3. The molecule has 0 saturated carbocycles. The zero-order valence-corrected chi connectivity index (χ0v) is 17.4. The molecule has 3 aromatic rings. The zero-order chi connectivity index (χ0) is 23.4. The Morgan fingerprint density at radius 2 is 1.76 bits per heavy atom. The van der Waals surface area contributed by atoms with Crippen LogP contribution in [0.25, 0.3) is 11.1 Å². The number of aromatic nitrogens is 1. The number of nitrogens with one attached hydrogen (secondary N) is 1. The molecule has 9 heteroatoms. The molecule has 0 saturated heterocycles. The number of rotatable bonds is 7. The predicted octanol–water partition coefficient (Wildman–Crippen LogP) is 3.20. The van der Waals surface area contributed by atoms with Crippen LogP contribution in [-0.4, -0.2) is 52.8 Å². The molecule has 1 aliphatic rings. The minimum absolute atomic E-state index is 0.105. The molecule has 0 unspecified atom stereocenters. The molecule has 2 amide bonds. The van der Waals surface area contributed by atoms with Gasteiger partial charge >= 0.3 is 12.1 Å². The Morgan fingerprint density at radius 1 is 1.12 bits per heavy atom. The quantitative estimate of drug-likeness (QED) is 0.536. The van der Waals surface area contributed by atoms with Crippen molar-refractivity contribution < 1.29 is 28.8 Å². The van der Waals surface area contributed by atoms with Crippen molar-refractivity contribution in [2.24, 2.45) is 0 Å². The number of amides is 2. The number of benzene rings is 2. The summed E-state index contributed by atoms with van der Waals surface area (Å²) in [6, 6.07) is 17.1. The molecule has 1 aliphatic carbocycles. The zero-order valence-electron chi connectivity index (χ0n) is 17.4. The van der Waals surface area contributed by atoms with E-state index in [1.807, 2.05) is 48.5 Å². The first-order valence-corrected chi connectivity index (χ1v) is 10.0. The van der Waals surface area contributed by atoms with Crippen LogP contribution in [0.5, 0.6) is 0 Å². The number of carboxylic acid groups (broad SMARTS) is 1. The molecule has 0 fully saturated rings. The van der Waals surface area contributed by atoms with E-state index in [0.29, 0.717) is 0 Å². The minimum Gasteiger partial charge on any atom is -0.480 e. The monoisotopic (exact) mass is 445 g/mol. The van der Waals surface area contributed by atoms with E-state index < -0.39 is 24.5 Å². The highest BCUT2D eigenvalue weighted by atomic mass is 16.6. The molecular formula is C24H19N3O6. The summed E-state index contributed by atoms with van der Waals surface area (Å²) in [5.74, 6) is 0.0277. The molecule has 1 aromatic heterocycles. The van der Waals surface area contributed by atoms with E-state index in [9.17, 15) is 14.4 Å². The molecule has 9 nitrogen and oxygen atoms in total. The maximum atomic E-state index is 12.4. The van der Waals surface area contributed by atoms with Crippen molar-refractivity contribution in [1.82, 2.24) is 10.1 Å². The lowest BCUT2D eigenvalue weighted by atomic mass is 9.98. The lowest BCUT2D eigenvalue weighted by molar-refractivity contribution is -0.137. The summed E-state index contributed by atoms with van der Waals surface area (Å²) < 4.78 is 10.4. The summed E-state index contributed by atoms with van der Waals surface area (Å²) in [5.41, 5.74) is 4.18. The van der Waals surface area contributed by atoms with Crippen molar-refractivity contribution in [3.8, 4) is 23.5 Å². The van der Waals surface area contributed by atoms with Gasteiger partial charge in [0.2, 0.25) is 5.88 Å². The van der Waals surface area contributed by atoms with E-state index >= 15 is 0 Å². The maximum Gasteiger partial charge on any atom is 0.414 e. The first kappa shape index (κ1) is 21.6. The number of aliphatic carboxylic acids is 1. The predicted molar refractivity (Wildman–Crippen MR) is 118 cm³/mol. The highest BCUT2D eigenvalue weighted by Crippen LogP contribution is 2.44. The van der Waals surface area contributed by atoms with E-state index in [1.54, 1.807) is 0 Å². The van der Waals surface area contributed by atoms with Crippen LogP contribution in [0, 0.1) is 12.3 Å². The molecule has 2 N–H and O–H groups in total. The summed E-state index contributed by atoms with van der Waals surface area (Å²) in [4.78, 5) is 36.6. The lowest BCUT2D eigenvalue weighted by Gasteiger charge is -2.15. The molecule has 0 spiro atoms. The van der Waals surface area contributed by atoms with Gasteiger partial charge in [-0.3, -0.25) is 14.9 Å². The minimum atomic E-state index is -1.22. The Balaban J connectivity index is 1.40. The van der Waals surface area contributed by atoms with Crippen LogP contribution in [0.3, 0.4) is 0 Å². The number of terminal acetylenes is 1. The summed E-state index contributed by atoms with van der Waals surface area (Å²) >= 11 is 0. The third-order valence-corrected chi connectivity index (χ3v) is 5.19. The Bertz CT molecular complexity index is 1210. The average molecular weight is 445 g/mol. The topological polar surface area (TPSA) is 122 Å². The summed E-state index contributed by atoms with van der Waals surface area (Å²) in [7, 11) is 0. The Labute approximate surface area is 188 Å². The van der Waals surface area contributed by atoms with Crippen LogP contribution in [0.4, 0.5) is 10.7 Å². The van der Waals surface area contributed by atoms with Gasteiger partial charge in [-0.25, -0.2) is 4.79 Å². The van der Waals surface area contributed by atoms with Gasteiger partial charge in [-0.1, -0.05) is 59.6 Å². The summed E-state index contributed by atoms with van der Waals surface area (Å²) in [5, 5.41) is 14.9. The van der Waals surface area contributed by atoms with Crippen LogP contribution in [0.2, 0.25) is 0 Å². The number of nitrogens with zero attached hydrogens (tertiary/aromatic N) is 2. The highest BCUT2D eigenvalue weighted by molar-refractivity contribution is 5.95. The molecule has 2 aromatic carbocycles. The van der Waals surface area contributed by atoms with Gasteiger partial charge in [0.25, 0.3) is 5.91 Å². The normalized spacial score (nSPS) is 11.7. The van der Waals surface area contributed by atoms with Crippen molar-refractivity contribution in [2.75, 3.05) is 25.0 Å². The van der Waals surface area contributed by atoms with E-state index in [1.165, 1.54) is 6.07 Å². The molecule has 166 valence electrons. The van der Waals surface area contributed by atoms with Crippen molar-refractivity contribution in [3.63, 3.8) is 0 Å². The Morgan fingerprint density at radius 3 is 2.36 bits per heavy atom. The Hall–Kier alpha value is -4.58. The molecule has 0 atom stereocenters. The van der Waals surface area contributed by atoms with Crippen LogP contribution < -0.4 is 5.32 Å². The van der Waals surface area contributed by atoms with Crippen LogP contribution in [0.1, 0.15) is 27.5 Å². The molecule has 33 heavy (non-hydrogen) atoms. The number of carboxylic acids is 1.